The number of anilines is 1. The molecule has 1 atom stereocenters. The molecule has 3 nitrogen and oxygen atoms in total. The van der Waals surface area contributed by atoms with E-state index in [-0.39, 0.29) is 6.04 Å². The molecular weight excluding hydrogens is 329 g/mol. The van der Waals surface area contributed by atoms with Gasteiger partial charge in [0.2, 0.25) is 0 Å². The molecule has 0 saturated carbocycles. The first-order valence-corrected chi connectivity index (χ1v) is 8.30. The molecule has 2 aromatic carbocycles. The summed E-state index contributed by atoms with van der Waals surface area (Å²) in [5.74, 6) is 1.02. The minimum atomic E-state index is 0.259. The molecular formula is C18H15Cl2N3. The fraction of sp³-hybridized carbons (Fsp3) is 0.222. The smallest absolute Gasteiger partial charge is 0.101 e. The van der Waals surface area contributed by atoms with Crippen LogP contribution in [0.25, 0.3) is 0 Å². The van der Waals surface area contributed by atoms with Gasteiger partial charge in [-0.05, 0) is 31.2 Å². The first-order valence-electron chi connectivity index (χ1n) is 7.54. The van der Waals surface area contributed by atoms with Crippen LogP contribution in [0.2, 0.25) is 10.0 Å². The van der Waals surface area contributed by atoms with Crippen LogP contribution in [0.3, 0.4) is 0 Å². The van der Waals surface area contributed by atoms with E-state index < -0.39 is 0 Å². The van der Waals surface area contributed by atoms with Crippen LogP contribution in [0.1, 0.15) is 18.1 Å². The highest BCUT2D eigenvalue weighted by Gasteiger charge is 2.32. The Morgan fingerprint density at radius 3 is 2.61 bits per heavy atom. The van der Waals surface area contributed by atoms with Gasteiger partial charge in [0.15, 0.2) is 0 Å². The lowest BCUT2D eigenvalue weighted by Crippen LogP contribution is -2.37. The lowest BCUT2D eigenvalue weighted by atomic mass is 10.00. The molecule has 0 aliphatic carbocycles. The van der Waals surface area contributed by atoms with Crippen LogP contribution >= 0.6 is 23.2 Å². The van der Waals surface area contributed by atoms with E-state index in [1.165, 1.54) is 0 Å². The van der Waals surface area contributed by atoms with Crippen LogP contribution in [-0.4, -0.2) is 30.7 Å². The summed E-state index contributed by atoms with van der Waals surface area (Å²) in [5.41, 5.74) is 3.93. The number of benzene rings is 2. The van der Waals surface area contributed by atoms with Crippen molar-refractivity contribution >= 4 is 40.4 Å². The minimum absolute atomic E-state index is 0.259. The molecule has 0 bridgehead atoms. The Kier molecular flexibility index (Phi) is 3.63. The molecule has 116 valence electrons. The summed E-state index contributed by atoms with van der Waals surface area (Å²) < 4.78 is 0. The van der Waals surface area contributed by atoms with Crippen molar-refractivity contribution in [2.45, 2.75) is 13.0 Å². The van der Waals surface area contributed by atoms with Gasteiger partial charge in [0.05, 0.1) is 30.5 Å². The van der Waals surface area contributed by atoms with Crippen LogP contribution in [0.15, 0.2) is 52.4 Å². The maximum atomic E-state index is 6.42. The average molecular weight is 344 g/mol. The molecule has 0 fully saturated rings. The third-order valence-electron chi connectivity index (χ3n) is 4.31. The predicted octanol–water partition coefficient (Wildman–Crippen LogP) is 4.45. The van der Waals surface area contributed by atoms with Crippen LogP contribution in [0.5, 0.6) is 0 Å². The number of halogens is 2. The van der Waals surface area contributed by atoms with Crippen molar-refractivity contribution in [1.82, 2.24) is 0 Å². The Hall–Kier alpha value is -1.84. The monoisotopic (exact) mass is 343 g/mol. The van der Waals surface area contributed by atoms with Crippen LogP contribution < -0.4 is 4.90 Å². The van der Waals surface area contributed by atoms with Gasteiger partial charge in [-0.2, -0.15) is 0 Å². The first kappa shape index (κ1) is 14.7. The van der Waals surface area contributed by atoms with Gasteiger partial charge in [-0.25, -0.2) is 0 Å². The van der Waals surface area contributed by atoms with Gasteiger partial charge < -0.3 is 4.90 Å². The number of nitrogens with zero attached hydrogens (tertiary/aromatic N) is 3. The number of fused-ring (bicyclic) bond motifs is 3. The Morgan fingerprint density at radius 1 is 1.00 bits per heavy atom. The standard InChI is InChI=1S/C18H15Cl2N3/c1-11-21-9-13-10-22-18(14-4-2-3-5-16(14)20)15-8-12(19)6-7-17(15)23(11)13/h2-8,13H,9-10H2,1H3. The van der Waals surface area contributed by atoms with E-state index in [1.54, 1.807) is 0 Å². The summed E-state index contributed by atoms with van der Waals surface area (Å²) in [5, 5.41) is 1.39. The Morgan fingerprint density at radius 2 is 1.78 bits per heavy atom. The minimum Gasteiger partial charge on any atom is -0.323 e. The van der Waals surface area contributed by atoms with E-state index in [9.17, 15) is 0 Å². The van der Waals surface area contributed by atoms with E-state index in [0.29, 0.717) is 16.6 Å². The maximum absolute atomic E-state index is 6.42. The van der Waals surface area contributed by atoms with Crippen LogP contribution in [0, 0.1) is 0 Å². The van der Waals surface area contributed by atoms with Crippen molar-refractivity contribution in [3.05, 3.63) is 63.6 Å². The lowest BCUT2D eigenvalue weighted by molar-refractivity contribution is 0.725. The van der Waals surface area contributed by atoms with E-state index in [1.807, 2.05) is 49.4 Å². The predicted molar refractivity (Wildman–Crippen MR) is 97.7 cm³/mol. The highest BCUT2D eigenvalue weighted by molar-refractivity contribution is 6.36. The average Bonchev–Trinajstić information content (AvgIpc) is 2.82. The van der Waals surface area contributed by atoms with Crippen molar-refractivity contribution < 1.29 is 0 Å². The van der Waals surface area contributed by atoms with Gasteiger partial charge in [-0.3, -0.25) is 9.98 Å². The number of hydrogen-bond acceptors (Lipinski definition) is 3. The van der Waals surface area contributed by atoms with Gasteiger partial charge in [0.1, 0.15) is 5.84 Å². The Balaban J connectivity index is 1.95. The number of aliphatic imine (C=N–C) groups is 2. The fourth-order valence-electron chi connectivity index (χ4n) is 3.24. The van der Waals surface area contributed by atoms with Gasteiger partial charge >= 0.3 is 0 Å². The molecule has 2 aromatic rings. The SMILES string of the molecule is CC1=NCC2CN=C(c3ccccc3Cl)c3cc(Cl)ccc3N12. The van der Waals surface area contributed by atoms with Gasteiger partial charge in [-0.15, -0.1) is 0 Å². The summed E-state index contributed by atoms with van der Waals surface area (Å²) in [7, 11) is 0. The summed E-state index contributed by atoms with van der Waals surface area (Å²) in [6.07, 6.45) is 0. The van der Waals surface area contributed by atoms with E-state index in [0.717, 1.165) is 34.9 Å². The second-order valence-corrected chi connectivity index (χ2v) is 6.59. The molecule has 0 amide bonds. The van der Waals surface area contributed by atoms with Crippen molar-refractivity contribution in [2.75, 3.05) is 18.0 Å². The molecule has 0 saturated heterocycles. The summed E-state index contributed by atoms with van der Waals surface area (Å²) in [6, 6.07) is 14.0. The highest BCUT2D eigenvalue weighted by Crippen LogP contribution is 2.34. The zero-order chi connectivity index (χ0) is 16.0. The molecule has 0 radical (unpaired) electrons. The van der Waals surface area contributed by atoms with Crippen LogP contribution in [0.4, 0.5) is 5.69 Å². The molecule has 4 rings (SSSR count). The van der Waals surface area contributed by atoms with Gasteiger partial charge in [0.25, 0.3) is 0 Å². The number of amidine groups is 1. The molecule has 2 heterocycles. The van der Waals surface area contributed by atoms with Crippen molar-refractivity contribution in [3.63, 3.8) is 0 Å². The lowest BCUT2D eigenvalue weighted by Gasteiger charge is -2.26. The Bertz CT molecular complexity index is 842. The third-order valence-corrected chi connectivity index (χ3v) is 4.87. The highest BCUT2D eigenvalue weighted by atomic mass is 35.5. The second-order valence-electron chi connectivity index (χ2n) is 5.74. The van der Waals surface area contributed by atoms with E-state index in [4.69, 9.17) is 28.2 Å². The van der Waals surface area contributed by atoms with E-state index in [2.05, 4.69) is 9.89 Å². The van der Waals surface area contributed by atoms with Crippen molar-refractivity contribution in [2.24, 2.45) is 9.98 Å². The zero-order valence-corrected chi connectivity index (χ0v) is 14.1. The normalized spacial score (nSPS) is 19.6. The summed E-state index contributed by atoms with van der Waals surface area (Å²) in [6.45, 7) is 3.50. The quantitative estimate of drug-likeness (QED) is 0.751. The van der Waals surface area contributed by atoms with Crippen molar-refractivity contribution in [1.29, 1.82) is 0 Å². The zero-order valence-electron chi connectivity index (χ0n) is 12.6. The Labute approximate surface area is 145 Å². The maximum Gasteiger partial charge on any atom is 0.101 e. The third kappa shape index (κ3) is 2.44. The fourth-order valence-corrected chi connectivity index (χ4v) is 3.64. The first-order chi connectivity index (χ1) is 11.1. The molecule has 0 aromatic heterocycles. The molecule has 0 N–H and O–H groups in total. The number of rotatable bonds is 1. The molecule has 2 aliphatic heterocycles. The molecule has 2 aliphatic rings. The number of hydrogen-bond donors (Lipinski definition) is 0. The molecule has 0 spiro atoms. The van der Waals surface area contributed by atoms with Gasteiger partial charge in [0, 0.05) is 21.2 Å². The van der Waals surface area contributed by atoms with Gasteiger partial charge in [-0.1, -0.05) is 41.4 Å². The largest absolute Gasteiger partial charge is 0.323 e. The second kappa shape index (κ2) is 5.66. The summed E-state index contributed by atoms with van der Waals surface area (Å²) in [4.78, 5) is 11.7. The topological polar surface area (TPSA) is 28.0 Å². The van der Waals surface area contributed by atoms with Crippen LogP contribution in [-0.2, 0) is 0 Å². The summed E-state index contributed by atoms with van der Waals surface area (Å²) >= 11 is 12.7. The van der Waals surface area contributed by atoms with E-state index >= 15 is 0 Å². The molecule has 5 heteroatoms. The molecule has 1 unspecified atom stereocenters. The molecule has 23 heavy (non-hydrogen) atoms. The van der Waals surface area contributed by atoms with Crippen molar-refractivity contribution in [3.8, 4) is 0 Å².